The van der Waals surface area contributed by atoms with E-state index in [-0.39, 0.29) is 11.3 Å². The number of H-pyrrole nitrogens is 1. The van der Waals surface area contributed by atoms with E-state index in [0.29, 0.717) is 23.8 Å². The average molecular weight is 288 g/mol. The molecular weight excluding hydrogens is 272 g/mol. The van der Waals surface area contributed by atoms with Crippen LogP contribution in [0.2, 0.25) is 0 Å². The normalized spacial score (nSPS) is 10.0. The molecule has 1 aromatic heterocycles. The third-order valence-electron chi connectivity index (χ3n) is 2.73. The largest absolute Gasteiger partial charge is 0.493 e. The number of pyridine rings is 1. The topological polar surface area (TPSA) is 80.4 Å². The lowest BCUT2D eigenvalue weighted by Crippen LogP contribution is -2.17. The Morgan fingerprint density at radius 3 is 2.71 bits per heavy atom. The Balaban J connectivity index is 2.21. The highest BCUT2D eigenvalue weighted by Crippen LogP contribution is 2.30. The highest BCUT2D eigenvalue weighted by atomic mass is 16.5. The van der Waals surface area contributed by atoms with Gasteiger partial charge in [-0.05, 0) is 25.1 Å². The fourth-order valence-corrected chi connectivity index (χ4v) is 1.80. The van der Waals surface area contributed by atoms with Crippen molar-refractivity contribution in [1.82, 2.24) is 4.98 Å². The smallest absolute Gasteiger partial charge is 0.272 e. The van der Waals surface area contributed by atoms with E-state index in [9.17, 15) is 9.59 Å². The number of rotatable bonds is 5. The second-order valence-corrected chi connectivity index (χ2v) is 4.18. The van der Waals surface area contributed by atoms with Crippen LogP contribution in [-0.4, -0.2) is 24.6 Å². The van der Waals surface area contributed by atoms with Gasteiger partial charge in [-0.2, -0.15) is 0 Å². The van der Waals surface area contributed by atoms with Crippen molar-refractivity contribution in [1.29, 1.82) is 0 Å². The molecule has 0 aliphatic heterocycles. The third-order valence-corrected chi connectivity index (χ3v) is 2.73. The van der Waals surface area contributed by atoms with E-state index in [2.05, 4.69) is 10.3 Å². The molecule has 0 fully saturated rings. The lowest BCUT2D eigenvalue weighted by Gasteiger charge is -2.11. The molecule has 0 saturated heterocycles. The number of ether oxygens (including phenoxy) is 2. The number of hydrogen-bond acceptors (Lipinski definition) is 4. The van der Waals surface area contributed by atoms with Crippen LogP contribution in [0.4, 0.5) is 5.69 Å². The van der Waals surface area contributed by atoms with Crippen LogP contribution in [0.15, 0.2) is 41.2 Å². The van der Waals surface area contributed by atoms with Crippen LogP contribution in [0, 0.1) is 0 Å². The van der Waals surface area contributed by atoms with Gasteiger partial charge in [0, 0.05) is 17.8 Å². The number of amides is 1. The molecule has 1 aromatic carbocycles. The van der Waals surface area contributed by atoms with Crippen LogP contribution in [0.3, 0.4) is 0 Å². The SMILES string of the molecule is CCOc1cc(NC(=O)c2cccc(=O)[nH]2)ccc1OC. The molecule has 0 radical (unpaired) electrons. The van der Waals surface area contributed by atoms with Gasteiger partial charge in [-0.15, -0.1) is 0 Å². The van der Waals surface area contributed by atoms with E-state index in [1.807, 2.05) is 6.92 Å². The van der Waals surface area contributed by atoms with Crippen molar-refractivity contribution in [2.24, 2.45) is 0 Å². The first-order valence-electron chi connectivity index (χ1n) is 6.45. The predicted octanol–water partition coefficient (Wildman–Crippen LogP) is 2.03. The molecule has 0 saturated carbocycles. The molecular formula is C15H16N2O4. The molecule has 2 rings (SSSR count). The number of hydrogen-bond donors (Lipinski definition) is 2. The molecule has 2 aromatic rings. The highest BCUT2D eigenvalue weighted by Gasteiger charge is 2.10. The summed E-state index contributed by atoms with van der Waals surface area (Å²) in [6.07, 6.45) is 0. The average Bonchev–Trinajstić information content (AvgIpc) is 2.48. The van der Waals surface area contributed by atoms with Crippen LogP contribution in [0.25, 0.3) is 0 Å². The molecule has 0 bridgehead atoms. The van der Waals surface area contributed by atoms with Crippen LogP contribution < -0.4 is 20.3 Å². The Kier molecular flexibility index (Phi) is 4.61. The molecule has 2 N–H and O–H groups in total. The quantitative estimate of drug-likeness (QED) is 0.882. The summed E-state index contributed by atoms with van der Waals surface area (Å²) in [7, 11) is 1.55. The maximum Gasteiger partial charge on any atom is 0.272 e. The minimum Gasteiger partial charge on any atom is -0.493 e. The van der Waals surface area contributed by atoms with Gasteiger partial charge in [0.15, 0.2) is 11.5 Å². The van der Waals surface area contributed by atoms with Crippen molar-refractivity contribution in [2.75, 3.05) is 19.0 Å². The molecule has 6 heteroatoms. The maximum atomic E-state index is 12.0. The number of anilines is 1. The third kappa shape index (κ3) is 3.62. The number of nitrogens with one attached hydrogen (secondary N) is 2. The van der Waals surface area contributed by atoms with E-state index >= 15 is 0 Å². The summed E-state index contributed by atoms with van der Waals surface area (Å²) in [5.41, 5.74) is 0.414. The maximum absolute atomic E-state index is 12.0. The number of aromatic nitrogens is 1. The zero-order chi connectivity index (χ0) is 15.2. The number of benzene rings is 1. The van der Waals surface area contributed by atoms with E-state index in [1.165, 1.54) is 18.2 Å². The molecule has 21 heavy (non-hydrogen) atoms. The standard InChI is InChI=1S/C15H16N2O4/c1-3-21-13-9-10(7-8-12(13)20-2)16-15(19)11-5-4-6-14(18)17-11/h4-9H,3H2,1-2H3,(H,16,19)(H,17,18). The number of aromatic amines is 1. The summed E-state index contributed by atoms with van der Waals surface area (Å²) in [6, 6.07) is 9.46. The fraction of sp³-hybridized carbons (Fsp3) is 0.200. The minimum absolute atomic E-state index is 0.191. The van der Waals surface area contributed by atoms with Crippen LogP contribution in [0.5, 0.6) is 11.5 Å². The second kappa shape index (κ2) is 6.60. The lowest BCUT2D eigenvalue weighted by atomic mass is 10.2. The summed E-state index contributed by atoms with van der Waals surface area (Å²) in [5, 5.41) is 2.69. The van der Waals surface area contributed by atoms with Gasteiger partial charge >= 0.3 is 0 Å². The molecule has 0 atom stereocenters. The lowest BCUT2D eigenvalue weighted by molar-refractivity contribution is 0.102. The van der Waals surface area contributed by atoms with Crippen molar-refractivity contribution in [3.8, 4) is 11.5 Å². The van der Waals surface area contributed by atoms with Crippen molar-refractivity contribution in [2.45, 2.75) is 6.92 Å². The van der Waals surface area contributed by atoms with Gasteiger partial charge in [0.25, 0.3) is 5.91 Å². The first kappa shape index (κ1) is 14.6. The van der Waals surface area contributed by atoms with Gasteiger partial charge in [-0.25, -0.2) is 0 Å². The second-order valence-electron chi connectivity index (χ2n) is 4.18. The first-order valence-corrected chi connectivity index (χ1v) is 6.45. The Morgan fingerprint density at radius 1 is 1.24 bits per heavy atom. The molecule has 1 heterocycles. The zero-order valence-corrected chi connectivity index (χ0v) is 11.8. The van der Waals surface area contributed by atoms with Gasteiger partial charge in [-0.1, -0.05) is 6.07 Å². The monoisotopic (exact) mass is 288 g/mol. The molecule has 110 valence electrons. The van der Waals surface area contributed by atoms with Gasteiger partial charge in [0.05, 0.1) is 13.7 Å². The van der Waals surface area contributed by atoms with E-state index in [0.717, 1.165) is 0 Å². The summed E-state index contributed by atoms with van der Waals surface area (Å²) < 4.78 is 10.6. The summed E-state index contributed by atoms with van der Waals surface area (Å²) in [5.74, 6) is 0.725. The molecule has 0 unspecified atom stereocenters. The highest BCUT2D eigenvalue weighted by molar-refractivity contribution is 6.02. The Bertz CT molecular complexity index is 694. The number of carbonyl (C=O) groups excluding carboxylic acids is 1. The van der Waals surface area contributed by atoms with Crippen LogP contribution in [0.1, 0.15) is 17.4 Å². The Labute approximate surface area is 121 Å². The van der Waals surface area contributed by atoms with Crippen LogP contribution >= 0.6 is 0 Å². The number of carbonyl (C=O) groups is 1. The van der Waals surface area contributed by atoms with E-state index in [4.69, 9.17) is 9.47 Å². The van der Waals surface area contributed by atoms with Crippen molar-refractivity contribution in [3.05, 3.63) is 52.4 Å². The van der Waals surface area contributed by atoms with Gasteiger partial charge in [0.2, 0.25) is 5.56 Å². The minimum atomic E-state index is -0.402. The molecule has 0 aliphatic carbocycles. The van der Waals surface area contributed by atoms with Crippen molar-refractivity contribution < 1.29 is 14.3 Å². The Morgan fingerprint density at radius 2 is 2.05 bits per heavy atom. The zero-order valence-electron chi connectivity index (χ0n) is 11.8. The Hall–Kier alpha value is -2.76. The molecule has 0 spiro atoms. The van der Waals surface area contributed by atoms with Gasteiger partial charge < -0.3 is 19.8 Å². The first-order chi connectivity index (χ1) is 10.1. The number of methoxy groups -OCH3 is 1. The summed E-state index contributed by atoms with van der Waals surface area (Å²) in [6.45, 7) is 2.35. The van der Waals surface area contributed by atoms with E-state index in [1.54, 1.807) is 25.3 Å². The fourth-order valence-electron chi connectivity index (χ4n) is 1.80. The molecule has 6 nitrogen and oxygen atoms in total. The predicted molar refractivity (Wildman–Crippen MR) is 79.2 cm³/mol. The summed E-state index contributed by atoms with van der Waals surface area (Å²) in [4.78, 5) is 25.7. The van der Waals surface area contributed by atoms with Gasteiger partial charge in [-0.3, -0.25) is 9.59 Å². The van der Waals surface area contributed by atoms with Crippen molar-refractivity contribution in [3.63, 3.8) is 0 Å². The van der Waals surface area contributed by atoms with Crippen molar-refractivity contribution >= 4 is 11.6 Å². The molecule has 0 aliphatic rings. The van der Waals surface area contributed by atoms with E-state index < -0.39 is 5.91 Å². The van der Waals surface area contributed by atoms with Gasteiger partial charge in [0.1, 0.15) is 5.69 Å². The summed E-state index contributed by atoms with van der Waals surface area (Å²) >= 11 is 0. The van der Waals surface area contributed by atoms with Crippen LogP contribution in [-0.2, 0) is 0 Å². The molecule has 1 amide bonds.